The molecule has 0 N–H and O–H groups in total. The quantitative estimate of drug-likeness (QED) is 0.619. The van der Waals surface area contributed by atoms with Gasteiger partial charge in [0.25, 0.3) is 12.4 Å². The van der Waals surface area contributed by atoms with Crippen molar-refractivity contribution in [3.63, 3.8) is 0 Å². The Bertz CT molecular complexity index is 319. The molecule has 0 bridgehead atoms. The van der Waals surface area contributed by atoms with Gasteiger partial charge in [-0.05, 0) is 22.6 Å². The lowest BCUT2D eigenvalue weighted by atomic mass is 10.3. The summed E-state index contributed by atoms with van der Waals surface area (Å²) in [5.74, 6) is -1.15. The molecule has 1 rings (SSSR count). The maximum absolute atomic E-state index is 12.8. The summed E-state index contributed by atoms with van der Waals surface area (Å²) in [6, 6.07) is 1.18. The molecule has 0 aliphatic carbocycles. The lowest BCUT2D eigenvalue weighted by Gasteiger charge is -2.05. The third kappa shape index (κ3) is 2.23. The molecule has 0 aliphatic rings. The number of rotatable bonds is 2. The topological polar surface area (TPSA) is 22.1 Å². The van der Waals surface area contributed by atoms with Gasteiger partial charge in [-0.15, -0.1) is 0 Å². The van der Waals surface area contributed by atoms with E-state index in [4.69, 9.17) is 0 Å². The predicted octanol–water partition coefficient (Wildman–Crippen LogP) is 2.77. The first-order valence-electron chi connectivity index (χ1n) is 3.24. The molecule has 0 atom stereocenters. The molecule has 0 fully saturated rings. The molecule has 13 heavy (non-hydrogen) atoms. The molecule has 2 nitrogen and oxygen atoms in total. The molecular formula is C7H5F3INO. The van der Waals surface area contributed by atoms with Crippen LogP contribution in [0.2, 0.25) is 0 Å². The number of hydrogen-bond acceptors (Lipinski definition) is 2. The normalized spacial score (nSPS) is 10.6. The van der Waals surface area contributed by atoms with Crippen molar-refractivity contribution in [1.29, 1.82) is 0 Å². The highest BCUT2D eigenvalue weighted by atomic mass is 127. The highest BCUT2D eigenvalue weighted by Gasteiger charge is 2.17. The van der Waals surface area contributed by atoms with E-state index >= 15 is 0 Å². The van der Waals surface area contributed by atoms with Gasteiger partial charge in [-0.25, -0.2) is 13.8 Å². The summed E-state index contributed by atoms with van der Waals surface area (Å²) in [4.78, 5) is 3.09. The first-order valence-corrected chi connectivity index (χ1v) is 4.32. The molecule has 0 spiro atoms. The summed E-state index contributed by atoms with van der Waals surface area (Å²) in [6.07, 6.45) is -2.77. The van der Waals surface area contributed by atoms with E-state index in [1.165, 1.54) is 13.2 Å². The minimum Gasteiger partial charge on any atom is -0.492 e. The van der Waals surface area contributed by atoms with Crippen LogP contribution in [0.1, 0.15) is 12.1 Å². The number of ether oxygens (including phenoxy) is 1. The number of pyridine rings is 1. The van der Waals surface area contributed by atoms with Crippen molar-refractivity contribution in [2.24, 2.45) is 0 Å². The third-order valence-electron chi connectivity index (χ3n) is 1.35. The SMILES string of the molecule is COc1cc(I)c(C(F)F)nc1F. The Morgan fingerprint density at radius 1 is 1.54 bits per heavy atom. The van der Waals surface area contributed by atoms with Crippen LogP contribution in [0.15, 0.2) is 6.07 Å². The van der Waals surface area contributed by atoms with Crippen LogP contribution >= 0.6 is 22.6 Å². The fraction of sp³-hybridized carbons (Fsp3) is 0.286. The van der Waals surface area contributed by atoms with Crippen molar-refractivity contribution in [3.05, 3.63) is 21.3 Å². The fourth-order valence-corrected chi connectivity index (χ4v) is 1.40. The van der Waals surface area contributed by atoms with Crippen molar-refractivity contribution in [2.75, 3.05) is 7.11 Å². The Morgan fingerprint density at radius 2 is 2.15 bits per heavy atom. The van der Waals surface area contributed by atoms with Crippen LogP contribution < -0.4 is 4.74 Å². The van der Waals surface area contributed by atoms with Gasteiger partial charge in [0.15, 0.2) is 5.75 Å². The molecule has 72 valence electrons. The minimum atomic E-state index is -2.77. The first-order chi connectivity index (χ1) is 6.06. The van der Waals surface area contributed by atoms with Crippen LogP contribution in [0, 0.1) is 9.52 Å². The number of aromatic nitrogens is 1. The van der Waals surface area contributed by atoms with Crippen molar-refractivity contribution in [1.82, 2.24) is 4.98 Å². The summed E-state index contributed by atoms with van der Waals surface area (Å²) >= 11 is 1.65. The molecule has 0 saturated heterocycles. The van der Waals surface area contributed by atoms with Crippen molar-refractivity contribution < 1.29 is 17.9 Å². The van der Waals surface area contributed by atoms with Gasteiger partial charge in [-0.3, -0.25) is 0 Å². The van der Waals surface area contributed by atoms with Gasteiger partial charge in [-0.1, -0.05) is 0 Å². The summed E-state index contributed by atoms with van der Waals surface area (Å²) in [5.41, 5.74) is -0.557. The van der Waals surface area contributed by atoms with Crippen LogP contribution in [-0.4, -0.2) is 12.1 Å². The molecule has 0 unspecified atom stereocenters. The average molecular weight is 303 g/mol. The van der Waals surface area contributed by atoms with E-state index in [9.17, 15) is 13.2 Å². The maximum Gasteiger partial charge on any atom is 0.281 e. The molecule has 0 amide bonds. The molecule has 0 saturated carbocycles. The number of methoxy groups -OCH3 is 1. The lowest BCUT2D eigenvalue weighted by Crippen LogP contribution is -2.00. The molecule has 6 heteroatoms. The van der Waals surface area contributed by atoms with E-state index in [0.717, 1.165) is 0 Å². The molecule has 0 aliphatic heterocycles. The zero-order valence-corrected chi connectivity index (χ0v) is 8.68. The van der Waals surface area contributed by atoms with Crippen LogP contribution in [0.4, 0.5) is 13.2 Å². The molecule has 1 aromatic rings. The van der Waals surface area contributed by atoms with Crippen molar-refractivity contribution >= 4 is 22.6 Å². The van der Waals surface area contributed by atoms with E-state index in [2.05, 4.69) is 9.72 Å². The zero-order chi connectivity index (χ0) is 10.0. The minimum absolute atomic E-state index is 0.131. The van der Waals surface area contributed by atoms with E-state index < -0.39 is 18.1 Å². The lowest BCUT2D eigenvalue weighted by molar-refractivity contribution is 0.143. The number of nitrogens with zero attached hydrogens (tertiary/aromatic N) is 1. The number of halogens is 4. The number of alkyl halides is 2. The first kappa shape index (κ1) is 10.6. The predicted molar refractivity (Wildman–Crippen MR) is 48.4 cm³/mol. The summed E-state index contributed by atoms with van der Waals surface area (Å²) in [6.45, 7) is 0. The van der Waals surface area contributed by atoms with Gasteiger partial charge < -0.3 is 4.74 Å². The second-order valence-electron chi connectivity index (χ2n) is 2.15. The van der Waals surface area contributed by atoms with Crippen LogP contribution in [0.25, 0.3) is 0 Å². The van der Waals surface area contributed by atoms with E-state index in [-0.39, 0.29) is 9.32 Å². The maximum atomic E-state index is 12.8. The van der Waals surface area contributed by atoms with Crippen LogP contribution in [0.5, 0.6) is 5.75 Å². The summed E-state index contributed by atoms with van der Waals surface area (Å²) in [7, 11) is 1.25. The average Bonchev–Trinajstić information content (AvgIpc) is 2.07. The Morgan fingerprint density at radius 3 is 2.62 bits per heavy atom. The standard InChI is InChI=1S/C7H5F3INO/c1-13-4-2-3(11)5(6(8)9)12-7(4)10/h2,6H,1H3. The number of hydrogen-bond donors (Lipinski definition) is 0. The largest absolute Gasteiger partial charge is 0.492 e. The Labute approximate surface area is 86.3 Å². The van der Waals surface area contributed by atoms with Gasteiger partial charge in [0.1, 0.15) is 5.69 Å². The molecule has 0 aromatic carbocycles. The molecular weight excluding hydrogens is 298 g/mol. The van der Waals surface area contributed by atoms with Crippen molar-refractivity contribution in [2.45, 2.75) is 6.43 Å². The fourth-order valence-electron chi connectivity index (χ4n) is 0.759. The van der Waals surface area contributed by atoms with Crippen LogP contribution in [0.3, 0.4) is 0 Å². The second kappa shape index (κ2) is 4.12. The van der Waals surface area contributed by atoms with Gasteiger partial charge >= 0.3 is 0 Å². The van der Waals surface area contributed by atoms with E-state index in [0.29, 0.717) is 0 Å². The molecule has 0 radical (unpaired) electrons. The zero-order valence-electron chi connectivity index (χ0n) is 6.52. The highest BCUT2D eigenvalue weighted by Crippen LogP contribution is 2.27. The molecule has 1 aromatic heterocycles. The Balaban J connectivity index is 3.20. The smallest absolute Gasteiger partial charge is 0.281 e. The van der Waals surface area contributed by atoms with Gasteiger partial charge in [0, 0.05) is 9.64 Å². The second-order valence-corrected chi connectivity index (χ2v) is 3.31. The molecule has 1 heterocycles. The summed E-state index contributed by atoms with van der Waals surface area (Å²) in [5, 5.41) is 0. The Hall–Kier alpha value is -0.530. The van der Waals surface area contributed by atoms with E-state index in [1.807, 2.05) is 0 Å². The highest BCUT2D eigenvalue weighted by molar-refractivity contribution is 14.1. The van der Waals surface area contributed by atoms with E-state index in [1.54, 1.807) is 22.6 Å². The van der Waals surface area contributed by atoms with Gasteiger partial charge in [0.05, 0.1) is 7.11 Å². The van der Waals surface area contributed by atoms with Crippen LogP contribution in [-0.2, 0) is 0 Å². The van der Waals surface area contributed by atoms with Gasteiger partial charge in [0.2, 0.25) is 0 Å². The van der Waals surface area contributed by atoms with Crippen molar-refractivity contribution in [3.8, 4) is 5.75 Å². The summed E-state index contributed by atoms with van der Waals surface area (Å²) < 4.78 is 41.9. The Kier molecular flexibility index (Phi) is 3.34. The monoisotopic (exact) mass is 303 g/mol. The van der Waals surface area contributed by atoms with Gasteiger partial charge in [-0.2, -0.15) is 4.39 Å². The third-order valence-corrected chi connectivity index (χ3v) is 2.22.